The smallest absolute Gasteiger partial charge is 0.323 e. The number of nitrogens with zero attached hydrogens (tertiary/aromatic N) is 2. The molecule has 180 valence electrons. The number of nitrogen functional groups attached to an aromatic ring is 1. The van der Waals surface area contributed by atoms with Gasteiger partial charge in [0.2, 0.25) is 5.95 Å². The van der Waals surface area contributed by atoms with E-state index in [1.165, 1.54) is 16.2 Å². The number of carbonyl (C=O) groups excluding carboxylic acids is 1. The standard InChI is InChI=1S/C22H25N5O6S/c23-22-25-18-17(19(30)26-22)11(9-24-18)5-6-12-7-8-15(34-12)20(31)27(10-16(28)29)14-4-2-1-3-13(14)21(32)33/h7-9,13-14H,1-6,10H2,(H,28,29)(H,32,33)(H4,23,24,25,26,30). The van der Waals surface area contributed by atoms with Crippen LogP contribution in [0.15, 0.2) is 23.1 Å². The average molecular weight is 488 g/mol. The molecule has 6 N–H and O–H groups in total. The van der Waals surface area contributed by atoms with Crippen LogP contribution in [-0.2, 0) is 22.4 Å². The van der Waals surface area contributed by atoms with Crippen LogP contribution >= 0.6 is 11.3 Å². The number of nitrogens with one attached hydrogen (secondary N) is 2. The summed E-state index contributed by atoms with van der Waals surface area (Å²) in [7, 11) is 0. The lowest BCUT2D eigenvalue weighted by atomic mass is 9.83. The Morgan fingerprint density at radius 2 is 1.94 bits per heavy atom. The second kappa shape index (κ2) is 9.67. The minimum atomic E-state index is -1.18. The molecule has 3 aromatic rings. The molecule has 1 amide bonds. The summed E-state index contributed by atoms with van der Waals surface area (Å²) in [5.41, 5.74) is 6.42. The Labute approximate surface area is 197 Å². The third kappa shape index (κ3) is 4.81. The third-order valence-corrected chi connectivity index (χ3v) is 7.30. The molecule has 1 aliphatic rings. The van der Waals surface area contributed by atoms with Crippen LogP contribution in [0.5, 0.6) is 0 Å². The zero-order valence-corrected chi connectivity index (χ0v) is 19.1. The Hall–Kier alpha value is -3.67. The molecule has 0 spiro atoms. The number of aromatic amines is 2. The van der Waals surface area contributed by atoms with E-state index in [1.807, 2.05) is 0 Å². The maximum absolute atomic E-state index is 13.3. The summed E-state index contributed by atoms with van der Waals surface area (Å²) < 4.78 is 0. The van der Waals surface area contributed by atoms with E-state index >= 15 is 0 Å². The predicted molar refractivity (Wildman–Crippen MR) is 125 cm³/mol. The van der Waals surface area contributed by atoms with Crippen molar-refractivity contribution in [1.82, 2.24) is 19.9 Å². The number of amides is 1. The molecule has 4 rings (SSSR count). The summed E-state index contributed by atoms with van der Waals surface area (Å²) in [4.78, 5) is 60.6. The van der Waals surface area contributed by atoms with E-state index in [0.717, 1.165) is 23.3 Å². The Morgan fingerprint density at radius 3 is 2.68 bits per heavy atom. The first-order valence-corrected chi connectivity index (χ1v) is 11.8. The monoisotopic (exact) mass is 487 g/mol. The quantitative estimate of drug-likeness (QED) is 0.319. The fourth-order valence-electron chi connectivity index (χ4n) is 4.60. The van der Waals surface area contributed by atoms with E-state index in [-0.39, 0.29) is 11.5 Å². The highest BCUT2D eigenvalue weighted by molar-refractivity contribution is 7.14. The van der Waals surface area contributed by atoms with Gasteiger partial charge in [0.1, 0.15) is 12.2 Å². The van der Waals surface area contributed by atoms with Gasteiger partial charge in [-0.3, -0.25) is 24.2 Å². The van der Waals surface area contributed by atoms with Gasteiger partial charge in [-0.05, 0) is 43.4 Å². The number of hydrogen-bond donors (Lipinski definition) is 5. The number of rotatable bonds is 8. The topological polar surface area (TPSA) is 182 Å². The van der Waals surface area contributed by atoms with Gasteiger partial charge in [-0.2, -0.15) is 4.98 Å². The second-order valence-electron chi connectivity index (χ2n) is 8.38. The number of aromatic nitrogens is 3. The molecule has 12 heteroatoms. The van der Waals surface area contributed by atoms with E-state index in [9.17, 15) is 29.4 Å². The number of nitrogens with two attached hydrogens (primary N) is 1. The molecule has 2 atom stereocenters. The van der Waals surface area contributed by atoms with Crippen molar-refractivity contribution in [1.29, 1.82) is 0 Å². The molecule has 3 aromatic heterocycles. The number of thiophene rings is 1. The van der Waals surface area contributed by atoms with Gasteiger partial charge in [0.05, 0.1) is 16.2 Å². The van der Waals surface area contributed by atoms with Crippen LogP contribution in [-0.4, -0.2) is 60.5 Å². The van der Waals surface area contributed by atoms with Gasteiger partial charge in [0.25, 0.3) is 11.5 Å². The van der Waals surface area contributed by atoms with Crippen molar-refractivity contribution in [3.63, 3.8) is 0 Å². The number of aliphatic carboxylic acids is 2. The Morgan fingerprint density at radius 1 is 1.18 bits per heavy atom. The molecule has 0 saturated heterocycles. The van der Waals surface area contributed by atoms with Gasteiger partial charge < -0.3 is 25.8 Å². The van der Waals surface area contributed by atoms with Crippen LogP contribution in [0.4, 0.5) is 5.95 Å². The van der Waals surface area contributed by atoms with Gasteiger partial charge in [0.15, 0.2) is 0 Å². The first-order chi connectivity index (χ1) is 16.2. The van der Waals surface area contributed by atoms with Crippen molar-refractivity contribution < 1.29 is 24.6 Å². The molecular formula is C22H25N5O6S. The molecule has 0 radical (unpaired) electrons. The number of carboxylic acid groups (broad SMARTS) is 2. The van der Waals surface area contributed by atoms with Crippen LogP contribution in [0.2, 0.25) is 0 Å². The lowest BCUT2D eigenvalue weighted by Gasteiger charge is -2.37. The summed E-state index contributed by atoms with van der Waals surface area (Å²) in [6.07, 6.45) is 5.14. The number of fused-ring (bicyclic) bond motifs is 1. The Balaban J connectivity index is 1.51. The number of carbonyl (C=O) groups is 3. The molecule has 1 fully saturated rings. The molecule has 3 heterocycles. The Kier molecular flexibility index (Phi) is 6.68. The van der Waals surface area contributed by atoms with E-state index in [1.54, 1.807) is 18.3 Å². The lowest BCUT2D eigenvalue weighted by Crippen LogP contribution is -2.50. The van der Waals surface area contributed by atoms with E-state index in [0.29, 0.717) is 41.6 Å². The Bertz CT molecular complexity index is 1290. The number of H-pyrrole nitrogens is 2. The highest BCUT2D eigenvalue weighted by atomic mass is 32.1. The minimum Gasteiger partial charge on any atom is -0.481 e. The van der Waals surface area contributed by atoms with Crippen LogP contribution in [0.25, 0.3) is 11.0 Å². The normalized spacial score (nSPS) is 18.1. The zero-order chi connectivity index (χ0) is 24.4. The fourth-order valence-corrected chi connectivity index (χ4v) is 5.57. The van der Waals surface area contributed by atoms with Crippen molar-refractivity contribution in [2.24, 2.45) is 5.92 Å². The van der Waals surface area contributed by atoms with Crippen LogP contribution in [0, 0.1) is 5.92 Å². The van der Waals surface area contributed by atoms with Crippen LogP contribution < -0.4 is 11.3 Å². The second-order valence-corrected chi connectivity index (χ2v) is 9.55. The summed E-state index contributed by atoms with van der Waals surface area (Å²) in [6.45, 7) is -0.547. The average Bonchev–Trinajstić information content (AvgIpc) is 3.42. The number of anilines is 1. The van der Waals surface area contributed by atoms with Crippen LogP contribution in [0.3, 0.4) is 0 Å². The maximum Gasteiger partial charge on any atom is 0.323 e. The number of hydrogen-bond acceptors (Lipinski definition) is 7. The van der Waals surface area contributed by atoms with Crippen molar-refractivity contribution in [2.45, 2.75) is 44.6 Å². The largest absolute Gasteiger partial charge is 0.481 e. The first kappa shape index (κ1) is 23.5. The predicted octanol–water partition coefficient (Wildman–Crippen LogP) is 1.85. The zero-order valence-electron chi connectivity index (χ0n) is 18.2. The molecule has 34 heavy (non-hydrogen) atoms. The van der Waals surface area contributed by atoms with Crippen LogP contribution in [0.1, 0.15) is 45.8 Å². The maximum atomic E-state index is 13.3. The number of carboxylic acids is 2. The minimum absolute atomic E-state index is 0.0290. The summed E-state index contributed by atoms with van der Waals surface area (Å²) in [5, 5.41) is 19.4. The first-order valence-electron chi connectivity index (χ1n) is 10.9. The van der Waals surface area contributed by atoms with Gasteiger partial charge in [-0.25, -0.2) is 0 Å². The third-order valence-electron chi connectivity index (χ3n) is 6.17. The summed E-state index contributed by atoms with van der Waals surface area (Å²) >= 11 is 1.24. The molecule has 1 saturated carbocycles. The van der Waals surface area contributed by atoms with Crippen molar-refractivity contribution in [3.8, 4) is 0 Å². The molecule has 0 aromatic carbocycles. The van der Waals surface area contributed by atoms with Crippen molar-refractivity contribution >= 4 is 46.2 Å². The molecule has 11 nitrogen and oxygen atoms in total. The van der Waals surface area contributed by atoms with Crippen molar-refractivity contribution in [2.75, 3.05) is 12.3 Å². The number of aryl methyl sites for hydroxylation is 2. The highest BCUT2D eigenvalue weighted by Crippen LogP contribution is 2.31. The summed E-state index contributed by atoms with van der Waals surface area (Å²) in [6, 6.07) is 2.78. The summed E-state index contributed by atoms with van der Waals surface area (Å²) in [5.74, 6) is -3.41. The van der Waals surface area contributed by atoms with Gasteiger partial charge in [-0.1, -0.05) is 12.8 Å². The van der Waals surface area contributed by atoms with Crippen molar-refractivity contribution in [3.05, 3.63) is 44.0 Å². The molecule has 0 bridgehead atoms. The van der Waals surface area contributed by atoms with Gasteiger partial charge in [-0.15, -0.1) is 11.3 Å². The van der Waals surface area contributed by atoms with E-state index in [2.05, 4.69) is 15.0 Å². The van der Waals surface area contributed by atoms with Gasteiger partial charge in [0, 0.05) is 17.1 Å². The SMILES string of the molecule is Nc1nc2[nH]cc(CCc3ccc(C(=O)N(CC(=O)O)C4CCCCC4C(=O)O)s3)c2c(=O)[nH]1. The molecule has 0 aliphatic heterocycles. The van der Waals surface area contributed by atoms with E-state index in [4.69, 9.17) is 5.73 Å². The fraction of sp³-hybridized carbons (Fsp3) is 0.409. The highest BCUT2D eigenvalue weighted by Gasteiger charge is 2.38. The lowest BCUT2D eigenvalue weighted by molar-refractivity contribution is -0.147. The molecule has 1 aliphatic carbocycles. The molecular weight excluding hydrogens is 462 g/mol. The van der Waals surface area contributed by atoms with Gasteiger partial charge >= 0.3 is 11.9 Å². The molecule has 2 unspecified atom stereocenters. The van der Waals surface area contributed by atoms with E-state index < -0.39 is 36.4 Å².